The van der Waals surface area contributed by atoms with E-state index in [2.05, 4.69) is 38.6 Å². The standard InChI is InChI=1S/C16H14ClN5O/c1-9(17)15-16(18-2)22-12-5-11(13-7-19-8-21-13)14(23-3)4-10(12)6-20-15/h4-8,22H,1-2H2,3H3,(H,19,21). The van der Waals surface area contributed by atoms with Gasteiger partial charge in [-0.05, 0) is 18.9 Å². The molecule has 1 aliphatic rings. The summed E-state index contributed by atoms with van der Waals surface area (Å²) in [5.41, 5.74) is 3.78. The number of H-pyrrole nitrogens is 1. The van der Waals surface area contributed by atoms with Crippen LogP contribution in [0.1, 0.15) is 5.56 Å². The van der Waals surface area contributed by atoms with Crippen molar-refractivity contribution in [1.82, 2.24) is 9.97 Å². The number of allylic oxidation sites excluding steroid dienone is 1. The first kappa shape index (κ1) is 15.1. The molecule has 0 bridgehead atoms. The Hall–Kier alpha value is -2.86. The van der Waals surface area contributed by atoms with E-state index in [-0.39, 0.29) is 5.03 Å². The Kier molecular flexibility index (Phi) is 3.99. The first-order valence-electron chi connectivity index (χ1n) is 6.71. The summed E-state index contributed by atoms with van der Waals surface area (Å²) in [6, 6.07) is 3.81. The number of halogens is 1. The molecule has 2 heterocycles. The van der Waals surface area contributed by atoms with Gasteiger partial charge in [-0.15, -0.1) is 0 Å². The summed E-state index contributed by atoms with van der Waals surface area (Å²) in [4.78, 5) is 15.4. The maximum atomic E-state index is 5.98. The molecule has 0 amide bonds. The van der Waals surface area contributed by atoms with Crippen molar-refractivity contribution in [3.05, 3.63) is 53.3 Å². The monoisotopic (exact) mass is 327 g/mol. The molecule has 0 radical (unpaired) electrons. The minimum absolute atomic E-state index is 0.282. The molecule has 23 heavy (non-hydrogen) atoms. The van der Waals surface area contributed by atoms with Crippen molar-refractivity contribution in [3.8, 4) is 17.0 Å². The van der Waals surface area contributed by atoms with Crippen LogP contribution >= 0.6 is 11.6 Å². The fraction of sp³-hybridized carbons (Fsp3) is 0.0625. The number of nitrogens with zero attached hydrogens (tertiary/aromatic N) is 3. The van der Waals surface area contributed by atoms with Gasteiger partial charge in [-0.2, -0.15) is 0 Å². The first-order chi connectivity index (χ1) is 11.1. The Morgan fingerprint density at radius 1 is 1.39 bits per heavy atom. The minimum atomic E-state index is 0.282. The fourth-order valence-corrected chi connectivity index (χ4v) is 2.43. The molecule has 0 spiro atoms. The van der Waals surface area contributed by atoms with Crippen LogP contribution in [0.15, 0.2) is 57.8 Å². The summed E-state index contributed by atoms with van der Waals surface area (Å²) in [5.74, 6) is 1.14. The van der Waals surface area contributed by atoms with Gasteiger partial charge in [-0.3, -0.25) is 4.99 Å². The number of imidazole rings is 1. The average molecular weight is 328 g/mol. The van der Waals surface area contributed by atoms with Crippen LogP contribution in [0, 0.1) is 0 Å². The van der Waals surface area contributed by atoms with Crippen molar-refractivity contribution in [2.45, 2.75) is 0 Å². The van der Waals surface area contributed by atoms with Crippen molar-refractivity contribution in [2.75, 3.05) is 12.4 Å². The second-order valence-electron chi connectivity index (χ2n) is 4.75. The van der Waals surface area contributed by atoms with E-state index >= 15 is 0 Å². The summed E-state index contributed by atoms with van der Waals surface area (Å²) in [5, 5.41) is 3.47. The van der Waals surface area contributed by atoms with Crippen molar-refractivity contribution >= 4 is 30.2 Å². The Morgan fingerprint density at radius 3 is 2.83 bits per heavy atom. The quantitative estimate of drug-likeness (QED) is 0.843. The molecule has 0 atom stereocenters. The average Bonchev–Trinajstić information content (AvgIpc) is 3.01. The molecule has 3 rings (SSSR count). The van der Waals surface area contributed by atoms with E-state index in [0.29, 0.717) is 17.3 Å². The Labute approximate surface area is 138 Å². The Balaban J connectivity index is 2.16. The zero-order valence-corrected chi connectivity index (χ0v) is 13.2. The van der Waals surface area contributed by atoms with Crippen molar-refractivity contribution in [3.63, 3.8) is 0 Å². The predicted molar refractivity (Wildman–Crippen MR) is 93.4 cm³/mol. The molecule has 0 fully saturated rings. The number of nitrogens with one attached hydrogen (secondary N) is 2. The number of ether oxygens (including phenoxy) is 1. The number of hydrogen-bond acceptors (Lipinski definition) is 5. The molecular weight excluding hydrogens is 314 g/mol. The fourth-order valence-electron chi connectivity index (χ4n) is 2.29. The number of methoxy groups -OCH3 is 1. The lowest BCUT2D eigenvalue weighted by molar-refractivity contribution is 0.416. The lowest BCUT2D eigenvalue weighted by Crippen LogP contribution is -2.02. The maximum absolute atomic E-state index is 5.98. The van der Waals surface area contributed by atoms with E-state index in [1.807, 2.05) is 12.1 Å². The van der Waals surface area contributed by atoms with Gasteiger partial charge in [0, 0.05) is 23.0 Å². The van der Waals surface area contributed by atoms with Gasteiger partial charge in [-0.25, -0.2) is 9.98 Å². The van der Waals surface area contributed by atoms with Gasteiger partial charge in [-0.1, -0.05) is 18.2 Å². The summed E-state index contributed by atoms with van der Waals surface area (Å²) < 4.78 is 5.47. The number of fused-ring (bicyclic) bond motifs is 1. The smallest absolute Gasteiger partial charge is 0.157 e. The van der Waals surface area contributed by atoms with Gasteiger partial charge in [0.25, 0.3) is 0 Å². The zero-order valence-electron chi connectivity index (χ0n) is 12.4. The SMILES string of the molecule is C=NC1=C(C(=C)Cl)N=Cc2cc(OC)c(-c3cnc[nH]3)cc2N1. The van der Waals surface area contributed by atoms with Crippen LogP contribution < -0.4 is 10.1 Å². The predicted octanol–water partition coefficient (Wildman–Crippen LogP) is 3.55. The molecule has 2 aromatic rings. The highest BCUT2D eigenvalue weighted by Gasteiger charge is 2.17. The normalized spacial score (nSPS) is 13.1. The molecule has 0 aliphatic carbocycles. The van der Waals surface area contributed by atoms with E-state index in [1.165, 1.54) is 0 Å². The summed E-state index contributed by atoms with van der Waals surface area (Å²) in [6.07, 6.45) is 5.02. The number of hydrogen-bond donors (Lipinski definition) is 2. The highest BCUT2D eigenvalue weighted by molar-refractivity contribution is 6.31. The maximum Gasteiger partial charge on any atom is 0.157 e. The van der Waals surface area contributed by atoms with Gasteiger partial charge in [0.15, 0.2) is 5.82 Å². The second-order valence-corrected chi connectivity index (χ2v) is 5.20. The molecule has 1 aromatic carbocycles. The molecule has 2 N–H and O–H groups in total. The van der Waals surface area contributed by atoms with Gasteiger partial charge >= 0.3 is 0 Å². The van der Waals surface area contributed by atoms with Crippen LogP contribution in [0.25, 0.3) is 11.3 Å². The largest absolute Gasteiger partial charge is 0.496 e. The summed E-state index contributed by atoms with van der Waals surface area (Å²) in [6.45, 7) is 7.25. The van der Waals surface area contributed by atoms with Crippen molar-refractivity contribution in [2.24, 2.45) is 9.98 Å². The molecule has 116 valence electrons. The third-order valence-electron chi connectivity index (χ3n) is 3.39. The van der Waals surface area contributed by atoms with Crippen molar-refractivity contribution < 1.29 is 4.74 Å². The van der Waals surface area contributed by atoms with Gasteiger partial charge in [0.05, 0.1) is 30.4 Å². The van der Waals surface area contributed by atoms with Crippen molar-refractivity contribution in [1.29, 1.82) is 0 Å². The number of aliphatic imine (C=N–C) groups is 2. The molecule has 0 saturated heterocycles. The third kappa shape index (κ3) is 2.76. The van der Waals surface area contributed by atoms with Crippen LogP contribution in [0.5, 0.6) is 5.75 Å². The highest BCUT2D eigenvalue weighted by atomic mass is 35.5. The van der Waals surface area contributed by atoms with E-state index in [1.54, 1.807) is 25.8 Å². The highest BCUT2D eigenvalue weighted by Crippen LogP contribution is 2.36. The molecule has 0 saturated carbocycles. The number of anilines is 1. The zero-order chi connectivity index (χ0) is 16.4. The Morgan fingerprint density at radius 2 is 2.22 bits per heavy atom. The molecule has 0 unspecified atom stereocenters. The van der Waals surface area contributed by atoms with Gasteiger partial charge in [0.2, 0.25) is 0 Å². The van der Waals surface area contributed by atoms with Crippen LogP contribution in [0.3, 0.4) is 0 Å². The van der Waals surface area contributed by atoms with Gasteiger partial charge < -0.3 is 15.0 Å². The first-order valence-corrected chi connectivity index (χ1v) is 7.09. The number of benzene rings is 1. The molecular formula is C16H14ClN5O. The second kappa shape index (κ2) is 6.10. The van der Waals surface area contributed by atoms with Crippen LogP contribution in [-0.4, -0.2) is 30.0 Å². The lowest BCUT2D eigenvalue weighted by atomic mass is 10.1. The Bertz CT molecular complexity index is 836. The van der Waals surface area contributed by atoms with Crippen LogP contribution in [-0.2, 0) is 0 Å². The van der Waals surface area contributed by atoms with Crippen LogP contribution in [0.4, 0.5) is 5.69 Å². The van der Waals surface area contributed by atoms with E-state index in [4.69, 9.17) is 16.3 Å². The molecule has 1 aromatic heterocycles. The minimum Gasteiger partial charge on any atom is -0.496 e. The summed E-state index contributed by atoms with van der Waals surface area (Å²) >= 11 is 5.98. The number of aromatic amines is 1. The third-order valence-corrected chi connectivity index (χ3v) is 3.56. The van der Waals surface area contributed by atoms with Gasteiger partial charge in [0.1, 0.15) is 11.4 Å². The molecule has 6 nitrogen and oxygen atoms in total. The molecule has 7 heteroatoms. The lowest BCUT2D eigenvalue weighted by Gasteiger charge is -2.13. The van der Waals surface area contributed by atoms with Crippen LogP contribution in [0.2, 0.25) is 0 Å². The van der Waals surface area contributed by atoms with E-state index in [9.17, 15) is 0 Å². The topological polar surface area (TPSA) is 74.7 Å². The molecule has 1 aliphatic heterocycles. The number of aromatic nitrogens is 2. The summed E-state index contributed by atoms with van der Waals surface area (Å²) in [7, 11) is 1.61. The number of rotatable bonds is 4. The van der Waals surface area contributed by atoms with E-state index < -0.39 is 0 Å². The van der Waals surface area contributed by atoms with E-state index in [0.717, 1.165) is 22.5 Å².